The third-order valence-electron chi connectivity index (χ3n) is 4.61. The van der Waals surface area contributed by atoms with E-state index in [1.807, 2.05) is 0 Å². The summed E-state index contributed by atoms with van der Waals surface area (Å²) in [5, 5.41) is 4.30. The van der Waals surface area contributed by atoms with Crippen molar-refractivity contribution in [2.75, 3.05) is 11.4 Å². The molecule has 0 fully saturated rings. The number of alkyl halides is 3. The van der Waals surface area contributed by atoms with Gasteiger partial charge >= 0.3 is 6.18 Å². The first kappa shape index (κ1) is 19.0. The third-order valence-corrected chi connectivity index (χ3v) is 4.61. The molecule has 3 aromatic rings. The molecule has 1 aliphatic heterocycles. The molecule has 1 amide bonds. The van der Waals surface area contributed by atoms with Gasteiger partial charge in [0.2, 0.25) is 5.91 Å². The van der Waals surface area contributed by atoms with Crippen molar-refractivity contribution in [2.45, 2.75) is 25.4 Å². The Hall–Kier alpha value is -3.30. The standard InChI is InChI=1S/C19H15F4N5O/c20-12-3-5-13(6-4-12)28-14-2-1-9-27(15(14)11-25-28)18(29)10-17-24-8-7-16(26-17)19(21,22)23/h3-8,11H,1-2,9-10H2. The maximum atomic E-state index is 13.2. The zero-order chi connectivity index (χ0) is 20.6. The molecule has 10 heteroatoms. The number of rotatable bonds is 3. The molecule has 4 rings (SSSR count). The van der Waals surface area contributed by atoms with Gasteiger partial charge in [-0.2, -0.15) is 18.3 Å². The average Bonchev–Trinajstić information content (AvgIpc) is 3.12. The zero-order valence-corrected chi connectivity index (χ0v) is 15.0. The summed E-state index contributed by atoms with van der Waals surface area (Å²) in [7, 11) is 0. The van der Waals surface area contributed by atoms with Crippen molar-refractivity contribution >= 4 is 11.6 Å². The van der Waals surface area contributed by atoms with Crippen molar-refractivity contribution in [3.63, 3.8) is 0 Å². The van der Waals surface area contributed by atoms with Crippen molar-refractivity contribution in [1.29, 1.82) is 0 Å². The molecule has 1 aliphatic rings. The molecule has 1 aromatic carbocycles. The molecule has 0 bridgehead atoms. The van der Waals surface area contributed by atoms with Crippen LogP contribution in [0.3, 0.4) is 0 Å². The number of carbonyl (C=O) groups excluding carboxylic acids is 1. The number of nitrogens with zero attached hydrogens (tertiary/aromatic N) is 5. The van der Waals surface area contributed by atoms with E-state index in [2.05, 4.69) is 15.1 Å². The first-order valence-corrected chi connectivity index (χ1v) is 8.85. The van der Waals surface area contributed by atoms with Crippen LogP contribution in [0.25, 0.3) is 5.69 Å². The minimum absolute atomic E-state index is 0.192. The van der Waals surface area contributed by atoms with Crippen LogP contribution in [0.15, 0.2) is 42.7 Å². The summed E-state index contributed by atoms with van der Waals surface area (Å²) in [6.07, 6.45) is -1.11. The number of hydrogen-bond acceptors (Lipinski definition) is 4. The van der Waals surface area contributed by atoms with E-state index in [0.29, 0.717) is 30.8 Å². The second kappa shape index (κ2) is 7.26. The molecule has 6 nitrogen and oxygen atoms in total. The fourth-order valence-corrected chi connectivity index (χ4v) is 3.29. The number of halogens is 4. The molecule has 2 aromatic heterocycles. The van der Waals surface area contributed by atoms with Crippen LogP contribution in [0.1, 0.15) is 23.6 Å². The normalized spacial score (nSPS) is 14.0. The van der Waals surface area contributed by atoms with Gasteiger partial charge in [0.25, 0.3) is 0 Å². The first-order chi connectivity index (χ1) is 13.8. The Kier molecular flexibility index (Phi) is 4.77. The average molecular weight is 405 g/mol. The highest BCUT2D eigenvalue weighted by Crippen LogP contribution is 2.30. The SMILES string of the molecule is O=C(Cc1nccc(C(F)(F)F)n1)N1CCCc2c1cnn2-c1ccc(F)cc1. The fraction of sp³-hybridized carbons (Fsp3) is 0.263. The van der Waals surface area contributed by atoms with E-state index in [1.54, 1.807) is 16.8 Å². The van der Waals surface area contributed by atoms with Crippen molar-refractivity contribution < 1.29 is 22.4 Å². The minimum Gasteiger partial charge on any atom is -0.309 e. The lowest BCUT2D eigenvalue weighted by Crippen LogP contribution is -2.37. The van der Waals surface area contributed by atoms with Gasteiger partial charge in [-0.3, -0.25) is 4.79 Å². The third kappa shape index (κ3) is 3.82. The number of aromatic nitrogens is 4. The Labute approximate surface area is 162 Å². The van der Waals surface area contributed by atoms with Crippen LogP contribution in [0.2, 0.25) is 0 Å². The van der Waals surface area contributed by atoms with Crippen molar-refractivity contribution in [1.82, 2.24) is 19.7 Å². The molecule has 0 aliphatic carbocycles. The van der Waals surface area contributed by atoms with Crippen molar-refractivity contribution in [2.24, 2.45) is 0 Å². The predicted octanol–water partition coefficient (Wildman–Crippen LogP) is 3.34. The van der Waals surface area contributed by atoms with Crippen LogP contribution >= 0.6 is 0 Å². The van der Waals surface area contributed by atoms with Gasteiger partial charge < -0.3 is 4.90 Å². The molecule has 0 saturated heterocycles. The van der Waals surface area contributed by atoms with Crippen molar-refractivity contribution in [3.8, 4) is 5.69 Å². The lowest BCUT2D eigenvalue weighted by Gasteiger charge is -2.27. The number of carbonyl (C=O) groups is 1. The van der Waals surface area contributed by atoms with Crippen LogP contribution in [-0.4, -0.2) is 32.2 Å². The first-order valence-electron chi connectivity index (χ1n) is 8.85. The quantitative estimate of drug-likeness (QED) is 0.627. The molecular weight excluding hydrogens is 390 g/mol. The van der Waals surface area contributed by atoms with E-state index in [4.69, 9.17) is 0 Å². The topological polar surface area (TPSA) is 63.9 Å². The maximum absolute atomic E-state index is 13.2. The molecule has 0 saturated carbocycles. The second-order valence-corrected chi connectivity index (χ2v) is 6.55. The summed E-state index contributed by atoms with van der Waals surface area (Å²) in [5.41, 5.74) is 0.931. The van der Waals surface area contributed by atoms with Gasteiger partial charge in [-0.1, -0.05) is 0 Å². The van der Waals surface area contributed by atoms with Gasteiger partial charge in [-0.15, -0.1) is 0 Å². The van der Waals surface area contributed by atoms with E-state index in [9.17, 15) is 22.4 Å². The lowest BCUT2D eigenvalue weighted by atomic mass is 10.1. The molecule has 29 heavy (non-hydrogen) atoms. The number of hydrogen-bond donors (Lipinski definition) is 0. The van der Waals surface area contributed by atoms with Gasteiger partial charge in [0.05, 0.1) is 29.7 Å². The highest BCUT2D eigenvalue weighted by Gasteiger charge is 2.33. The number of anilines is 1. The van der Waals surface area contributed by atoms with Gasteiger partial charge in [-0.05, 0) is 43.2 Å². The van der Waals surface area contributed by atoms with Crippen LogP contribution in [0.5, 0.6) is 0 Å². The molecule has 0 radical (unpaired) electrons. The largest absolute Gasteiger partial charge is 0.433 e. The number of amides is 1. The molecule has 0 N–H and O–H groups in total. The zero-order valence-electron chi connectivity index (χ0n) is 15.0. The smallest absolute Gasteiger partial charge is 0.309 e. The van der Waals surface area contributed by atoms with Crippen LogP contribution in [0, 0.1) is 5.82 Å². The predicted molar refractivity (Wildman–Crippen MR) is 94.9 cm³/mol. The fourth-order valence-electron chi connectivity index (χ4n) is 3.29. The highest BCUT2D eigenvalue weighted by molar-refractivity contribution is 5.95. The second-order valence-electron chi connectivity index (χ2n) is 6.55. The van der Waals surface area contributed by atoms with E-state index in [0.717, 1.165) is 18.0 Å². The Morgan fingerprint density at radius 1 is 1.14 bits per heavy atom. The van der Waals surface area contributed by atoms with E-state index < -0.39 is 17.8 Å². The Balaban J connectivity index is 1.59. The lowest BCUT2D eigenvalue weighted by molar-refractivity contribution is -0.141. The minimum atomic E-state index is -4.60. The Morgan fingerprint density at radius 2 is 1.90 bits per heavy atom. The number of fused-ring (bicyclic) bond motifs is 1. The molecule has 3 heterocycles. The summed E-state index contributed by atoms with van der Waals surface area (Å²) in [4.78, 5) is 21.5. The van der Waals surface area contributed by atoms with Gasteiger partial charge in [-0.25, -0.2) is 19.0 Å². The Bertz CT molecular complexity index is 1050. The summed E-state index contributed by atoms with van der Waals surface area (Å²) in [6.45, 7) is 0.417. The van der Waals surface area contributed by atoms with E-state index in [1.165, 1.54) is 23.2 Å². The van der Waals surface area contributed by atoms with Crippen LogP contribution < -0.4 is 4.90 Å². The van der Waals surface area contributed by atoms with Gasteiger partial charge in [0.1, 0.15) is 17.3 Å². The van der Waals surface area contributed by atoms with Gasteiger partial charge in [0, 0.05) is 12.7 Å². The van der Waals surface area contributed by atoms with Crippen LogP contribution in [-0.2, 0) is 23.8 Å². The van der Waals surface area contributed by atoms with Crippen molar-refractivity contribution in [3.05, 3.63) is 65.8 Å². The van der Waals surface area contributed by atoms with Gasteiger partial charge in [0.15, 0.2) is 0 Å². The summed E-state index contributed by atoms with van der Waals surface area (Å²) < 4.78 is 53.3. The highest BCUT2D eigenvalue weighted by atomic mass is 19.4. The summed E-state index contributed by atoms with van der Waals surface area (Å²) in [5.74, 6) is -0.973. The Morgan fingerprint density at radius 3 is 2.62 bits per heavy atom. The summed E-state index contributed by atoms with van der Waals surface area (Å²) >= 11 is 0. The van der Waals surface area contributed by atoms with E-state index in [-0.39, 0.29) is 18.1 Å². The van der Waals surface area contributed by atoms with E-state index >= 15 is 0 Å². The summed E-state index contributed by atoms with van der Waals surface area (Å²) in [6, 6.07) is 6.57. The molecular formula is C19H15F4N5O. The molecule has 150 valence electrons. The maximum Gasteiger partial charge on any atom is 0.433 e. The monoisotopic (exact) mass is 405 g/mol. The molecule has 0 spiro atoms. The van der Waals surface area contributed by atoms with Crippen LogP contribution in [0.4, 0.5) is 23.2 Å². The molecule has 0 unspecified atom stereocenters. The number of benzene rings is 1. The molecule has 0 atom stereocenters.